The van der Waals surface area contributed by atoms with Gasteiger partial charge >= 0.3 is 0 Å². The van der Waals surface area contributed by atoms with Gasteiger partial charge in [0.25, 0.3) is 0 Å². The van der Waals surface area contributed by atoms with Crippen molar-refractivity contribution in [2.45, 2.75) is 13.8 Å². The van der Waals surface area contributed by atoms with Crippen LogP contribution < -0.4 is 0 Å². The Morgan fingerprint density at radius 1 is 0.895 bits per heavy atom. The normalized spacial score (nSPS) is 14.8. The molecule has 1 aliphatic rings. The van der Waals surface area contributed by atoms with Gasteiger partial charge in [-0.25, -0.2) is 0 Å². The van der Waals surface area contributed by atoms with E-state index in [0.717, 1.165) is 10.8 Å². The van der Waals surface area contributed by atoms with Crippen molar-refractivity contribution in [2.75, 3.05) is 0 Å². The second-order valence-electron chi connectivity index (χ2n) is 5.19. The van der Waals surface area contributed by atoms with Crippen molar-refractivity contribution in [1.82, 2.24) is 0 Å². The molecule has 2 heteroatoms. The highest BCUT2D eigenvalue weighted by molar-refractivity contribution is 6.26. The average Bonchev–Trinajstić information content (AvgIpc) is 2.41. The molecule has 3 rings (SSSR count). The Kier molecular flexibility index (Phi) is 2.59. The predicted octanol–water partition coefficient (Wildman–Crippen LogP) is 3.80. The summed E-state index contributed by atoms with van der Waals surface area (Å²) in [7, 11) is 0. The molecule has 0 atom stereocenters. The molecule has 0 bridgehead atoms. The Labute approximate surface area is 111 Å². The Morgan fingerprint density at radius 2 is 1.47 bits per heavy atom. The minimum absolute atomic E-state index is 0.0182. The summed E-state index contributed by atoms with van der Waals surface area (Å²) >= 11 is 0. The van der Waals surface area contributed by atoms with Crippen LogP contribution in [0.2, 0.25) is 0 Å². The van der Waals surface area contributed by atoms with Crippen molar-refractivity contribution in [2.24, 2.45) is 5.92 Å². The van der Waals surface area contributed by atoms with E-state index in [1.165, 1.54) is 6.08 Å². The first kappa shape index (κ1) is 11.8. The van der Waals surface area contributed by atoms with Crippen LogP contribution in [0.25, 0.3) is 10.8 Å². The highest BCUT2D eigenvalue weighted by atomic mass is 16.1. The lowest BCUT2D eigenvalue weighted by Gasteiger charge is -2.18. The number of benzene rings is 2. The third kappa shape index (κ3) is 1.80. The number of rotatable bonds is 1. The minimum atomic E-state index is -0.0657. The van der Waals surface area contributed by atoms with Crippen LogP contribution in [-0.2, 0) is 0 Å². The second-order valence-corrected chi connectivity index (χ2v) is 5.19. The van der Waals surface area contributed by atoms with Gasteiger partial charge in [-0.15, -0.1) is 0 Å². The number of carbonyl (C=O) groups excluding carboxylic acids is 2. The van der Waals surface area contributed by atoms with E-state index in [1.807, 2.05) is 50.2 Å². The average molecular weight is 250 g/mol. The highest BCUT2D eigenvalue weighted by Gasteiger charge is 2.27. The first-order valence-corrected chi connectivity index (χ1v) is 6.41. The molecule has 2 aromatic rings. The SMILES string of the molecule is CC(C)C1=CC(=O)c2cc3ccccc3cc2C1=O. The quantitative estimate of drug-likeness (QED) is 0.771. The summed E-state index contributed by atoms with van der Waals surface area (Å²) in [4.78, 5) is 24.6. The summed E-state index contributed by atoms with van der Waals surface area (Å²) in [5, 5.41) is 1.98. The molecular weight excluding hydrogens is 236 g/mol. The number of ketones is 2. The van der Waals surface area contributed by atoms with Crippen LogP contribution in [0.5, 0.6) is 0 Å². The fourth-order valence-corrected chi connectivity index (χ4v) is 2.50. The molecule has 0 aliphatic heterocycles. The first-order valence-electron chi connectivity index (χ1n) is 6.41. The number of Topliss-reactive ketones (excluding diaryl/α,β-unsaturated/α-hetero) is 1. The van der Waals surface area contributed by atoms with Crippen molar-refractivity contribution in [3.8, 4) is 0 Å². The lowest BCUT2D eigenvalue weighted by Crippen LogP contribution is -2.19. The summed E-state index contributed by atoms with van der Waals surface area (Å²) in [5.74, 6) is -0.0181. The molecule has 0 fully saturated rings. The monoisotopic (exact) mass is 250 g/mol. The Morgan fingerprint density at radius 3 is 2.05 bits per heavy atom. The molecule has 0 amide bonds. The van der Waals surface area contributed by atoms with Crippen molar-refractivity contribution >= 4 is 22.3 Å². The van der Waals surface area contributed by atoms with E-state index in [1.54, 1.807) is 0 Å². The summed E-state index contributed by atoms with van der Waals surface area (Å²) in [6.45, 7) is 3.87. The Bertz CT molecular complexity index is 736. The Hall–Kier alpha value is -2.22. The topological polar surface area (TPSA) is 34.1 Å². The Balaban J connectivity index is 2.28. The van der Waals surface area contributed by atoms with Crippen LogP contribution in [0.15, 0.2) is 48.0 Å². The van der Waals surface area contributed by atoms with E-state index in [2.05, 4.69) is 0 Å². The zero-order chi connectivity index (χ0) is 13.6. The summed E-state index contributed by atoms with van der Waals surface area (Å²) in [5.41, 5.74) is 1.66. The lowest BCUT2D eigenvalue weighted by atomic mass is 9.83. The first-order chi connectivity index (χ1) is 9.08. The van der Waals surface area contributed by atoms with E-state index < -0.39 is 0 Å². The fourth-order valence-electron chi connectivity index (χ4n) is 2.50. The van der Waals surface area contributed by atoms with Gasteiger partial charge in [0.1, 0.15) is 0 Å². The lowest BCUT2D eigenvalue weighted by molar-refractivity contribution is 0.0977. The molecule has 0 saturated heterocycles. The molecule has 0 heterocycles. The molecule has 0 N–H and O–H groups in total. The molecule has 1 aliphatic carbocycles. The van der Waals surface area contributed by atoms with Gasteiger partial charge in [0, 0.05) is 16.7 Å². The van der Waals surface area contributed by atoms with Gasteiger partial charge in [-0.2, -0.15) is 0 Å². The standard InChI is InChI=1S/C17H14O2/c1-10(2)13-9-16(18)14-7-11-5-3-4-6-12(11)8-15(14)17(13)19/h3-10H,1-2H3. The molecule has 19 heavy (non-hydrogen) atoms. The summed E-state index contributed by atoms with van der Waals surface area (Å²) in [6, 6.07) is 11.4. The van der Waals surface area contributed by atoms with Crippen LogP contribution in [0.4, 0.5) is 0 Å². The minimum Gasteiger partial charge on any atom is -0.289 e. The molecule has 0 saturated carbocycles. The second kappa shape index (κ2) is 4.16. The van der Waals surface area contributed by atoms with Gasteiger partial charge in [-0.05, 0) is 34.9 Å². The third-order valence-electron chi connectivity index (χ3n) is 3.57. The van der Waals surface area contributed by atoms with Crippen molar-refractivity contribution in [1.29, 1.82) is 0 Å². The van der Waals surface area contributed by atoms with Gasteiger partial charge < -0.3 is 0 Å². The van der Waals surface area contributed by atoms with Crippen molar-refractivity contribution < 1.29 is 9.59 Å². The zero-order valence-corrected chi connectivity index (χ0v) is 10.9. The van der Waals surface area contributed by atoms with Gasteiger partial charge in [0.15, 0.2) is 11.6 Å². The van der Waals surface area contributed by atoms with E-state index in [4.69, 9.17) is 0 Å². The molecule has 0 unspecified atom stereocenters. The summed E-state index contributed by atoms with van der Waals surface area (Å²) in [6.07, 6.45) is 1.49. The number of fused-ring (bicyclic) bond motifs is 2. The van der Waals surface area contributed by atoms with E-state index >= 15 is 0 Å². The molecular formula is C17H14O2. The largest absolute Gasteiger partial charge is 0.289 e. The highest BCUT2D eigenvalue weighted by Crippen LogP contribution is 2.29. The van der Waals surface area contributed by atoms with E-state index in [-0.39, 0.29) is 17.5 Å². The molecule has 0 aromatic heterocycles. The van der Waals surface area contributed by atoms with Crippen molar-refractivity contribution in [3.63, 3.8) is 0 Å². The van der Waals surface area contributed by atoms with Gasteiger partial charge in [-0.1, -0.05) is 38.1 Å². The van der Waals surface area contributed by atoms with Crippen molar-refractivity contribution in [3.05, 3.63) is 59.2 Å². The zero-order valence-electron chi connectivity index (χ0n) is 10.9. The van der Waals surface area contributed by atoms with E-state index in [0.29, 0.717) is 16.7 Å². The predicted molar refractivity (Wildman–Crippen MR) is 75.5 cm³/mol. The number of hydrogen-bond acceptors (Lipinski definition) is 2. The van der Waals surface area contributed by atoms with Crippen LogP contribution in [0.1, 0.15) is 34.6 Å². The smallest absolute Gasteiger partial charge is 0.190 e. The van der Waals surface area contributed by atoms with Crippen LogP contribution in [0.3, 0.4) is 0 Å². The fraction of sp³-hybridized carbons (Fsp3) is 0.176. The molecule has 94 valence electrons. The maximum atomic E-state index is 12.4. The number of carbonyl (C=O) groups is 2. The number of hydrogen-bond donors (Lipinski definition) is 0. The maximum Gasteiger partial charge on any atom is 0.190 e. The van der Waals surface area contributed by atoms with Gasteiger partial charge in [0.2, 0.25) is 0 Å². The molecule has 2 aromatic carbocycles. The summed E-state index contributed by atoms with van der Waals surface area (Å²) < 4.78 is 0. The number of allylic oxidation sites excluding steroid dienone is 2. The maximum absolute atomic E-state index is 12.4. The van der Waals surface area contributed by atoms with E-state index in [9.17, 15) is 9.59 Å². The molecule has 0 spiro atoms. The molecule has 0 radical (unpaired) electrons. The molecule has 2 nitrogen and oxygen atoms in total. The third-order valence-corrected chi connectivity index (χ3v) is 3.57. The van der Waals surface area contributed by atoms with Gasteiger partial charge in [-0.3, -0.25) is 9.59 Å². The van der Waals surface area contributed by atoms with Crippen LogP contribution in [-0.4, -0.2) is 11.6 Å². The van der Waals surface area contributed by atoms with Crippen LogP contribution in [0, 0.1) is 5.92 Å². The van der Waals surface area contributed by atoms with Crippen LogP contribution >= 0.6 is 0 Å². The van der Waals surface area contributed by atoms with Gasteiger partial charge in [0.05, 0.1) is 0 Å².